The summed E-state index contributed by atoms with van der Waals surface area (Å²) in [5.41, 5.74) is 6.89. The maximum Gasteiger partial charge on any atom is 0.0642 e. The van der Waals surface area contributed by atoms with Gasteiger partial charge in [-0.05, 0) is 66.4 Å². The van der Waals surface area contributed by atoms with E-state index in [-0.39, 0.29) is 0 Å². The van der Waals surface area contributed by atoms with Crippen LogP contribution in [-0.4, -0.2) is 49.8 Å². The summed E-state index contributed by atoms with van der Waals surface area (Å²) < 4.78 is 5.52. The van der Waals surface area contributed by atoms with E-state index in [0.717, 1.165) is 32.8 Å². The number of morpholine rings is 1. The van der Waals surface area contributed by atoms with Gasteiger partial charge in [-0.15, -0.1) is 0 Å². The van der Waals surface area contributed by atoms with Gasteiger partial charge in [-0.2, -0.15) is 0 Å². The van der Waals surface area contributed by atoms with Crippen LogP contribution in [0.5, 0.6) is 0 Å². The summed E-state index contributed by atoms with van der Waals surface area (Å²) in [6.45, 7) is 7.00. The molecule has 4 heteroatoms. The van der Waals surface area contributed by atoms with Crippen molar-refractivity contribution >= 4 is 16.6 Å². The average molecular weight is 361 g/mol. The number of aromatic amines is 1. The van der Waals surface area contributed by atoms with Gasteiger partial charge in [-0.3, -0.25) is 4.90 Å². The molecule has 2 aromatic carbocycles. The molecule has 0 aliphatic carbocycles. The zero-order chi connectivity index (χ0) is 18.4. The van der Waals surface area contributed by atoms with Crippen molar-refractivity contribution in [2.75, 3.05) is 44.8 Å². The van der Waals surface area contributed by atoms with Crippen LogP contribution >= 0.6 is 0 Å². The second kappa shape index (κ2) is 6.70. The van der Waals surface area contributed by atoms with E-state index in [9.17, 15) is 0 Å². The summed E-state index contributed by atoms with van der Waals surface area (Å²) in [7, 11) is 2.25. The molecule has 5 rings (SSSR count). The molecule has 2 aliphatic heterocycles. The van der Waals surface area contributed by atoms with Crippen LogP contribution in [0.1, 0.15) is 35.6 Å². The summed E-state index contributed by atoms with van der Waals surface area (Å²) in [5.74, 6) is 0.416. The molecular formula is C23H27N3O. The zero-order valence-electron chi connectivity index (χ0n) is 16.1. The first kappa shape index (κ1) is 16.8. The summed E-state index contributed by atoms with van der Waals surface area (Å²) >= 11 is 0. The molecule has 1 aromatic heterocycles. The lowest BCUT2D eigenvalue weighted by Gasteiger charge is -2.39. The SMILES string of the molecule is CC1c2cc(N3CCOCC3)ccc2C(c2ccc3[nH]ccc3c2)CN1C. The van der Waals surface area contributed by atoms with E-state index >= 15 is 0 Å². The van der Waals surface area contributed by atoms with Crippen LogP contribution in [-0.2, 0) is 4.74 Å². The Hall–Kier alpha value is -2.30. The molecule has 4 nitrogen and oxygen atoms in total. The zero-order valence-corrected chi connectivity index (χ0v) is 16.1. The van der Waals surface area contributed by atoms with E-state index in [1.54, 1.807) is 0 Å². The molecule has 0 amide bonds. The molecule has 2 atom stereocenters. The maximum atomic E-state index is 5.52. The second-order valence-electron chi connectivity index (χ2n) is 7.91. The summed E-state index contributed by atoms with van der Waals surface area (Å²) in [6, 6.07) is 16.5. The molecule has 27 heavy (non-hydrogen) atoms. The third kappa shape index (κ3) is 2.93. The van der Waals surface area contributed by atoms with E-state index in [1.165, 1.54) is 33.3 Å². The van der Waals surface area contributed by atoms with Crippen LogP contribution in [0.4, 0.5) is 5.69 Å². The molecule has 2 unspecified atom stereocenters. The number of hydrogen-bond donors (Lipinski definition) is 1. The monoisotopic (exact) mass is 361 g/mol. The van der Waals surface area contributed by atoms with Gasteiger partial charge in [0.05, 0.1) is 13.2 Å². The Bertz CT molecular complexity index is 957. The quantitative estimate of drug-likeness (QED) is 0.744. The third-order valence-corrected chi connectivity index (χ3v) is 6.38. The van der Waals surface area contributed by atoms with Crippen molar-refractivity contribution in [3.05, 3.63) is 65.4 Å². The minimum absolute atomic E-state index is 0.416. The molecule has 140 valence electrons. The largest absolute Gasteiger partial charge is 0.378 e. The Labute approximate surface area is 160 Å². The number of likely N-dealkylation sites (N-methyl/N-ethyl adjacent to an activating group) is 1. The van der Waals surface area contributed by atoms with Crippen LogP contribution in [0, 0.1) is 0 Å². The highest BCUT2D eigenvalue weighted by Crippen LogP contribution is 2.40. The second-order valence-corrected chi connectivity index (χ2v) is 7.91. The first-order chi connectivity index (χ1) is 13.2. The van der Waals surface area contributed by atoms with Crippen molar-refractivity contribution in [1.29, 1.82) is 0 Å². The summed E-state index contributed by atoms with van der Waals surface area (Å²) in [6.07, 6.45) is 2.02. The number of rotatable bonds is 2. The number of H-pyrrole nitrogens is 1. The van der Waals surface area contributed by atoms with Gasteiger partial charge in [0.2, 0.25) is 0 Å². The molecule has 0 radical (unpaired) electrons. The third-order valence-electron chi connectivity index (χ3n) is 6.38. The number of benzene rings is 2. The Morgan fingerprint density at radius 1 is 1.00 bits per heavy atom. The molecular weight excluding hydrogens is 334 g/mol. The normalized spacial score (nSPS) is 23.6. The molecule has 1 N–H and O–H groups in total. The van der Waals surface area contributed by atoms with Gasteiger partial charge in [0.15, 0.2) is 0 Å². The van der Waals surface area contributed by atoms with E-state index in [0.29, 0.717) is 12.0 Å². The smallest absolute Gasteiger partial charge is 0.0642 e. The van der Waals surface area contributed by atoms with Crippen LogP contribution in [0.15, 0.2) is 48.7 Å². The van der Waals surface area contributed by atoms with Crippen molar-refractivity contribution in [2.45, 2.75) is 18.9 Å². The molecule has 3 aromatic rings. The average Bonchev–Trinajstić information content (AvgIpc) is 3.19. The Balaban J connectivity index is 1.56. The highest BCUT2D eigenvalue weighted by Gasteiger charge is 2.30. The van der Waals surface area contributed by atoms with Gasteiger partial charge in [0, 0.05) is 49.0 Å². The molecule has 0 bridgehead atoms. The lowest BCUT2D eigenvalue weighted by Crippen LogP contribution is -2.37. The minimum Gasteiger partial charge on any atom is -0.378 e. The van der Waals surface area contributed by atoms with Gasteiger partial charge in [-0.1, -0.05) is 12.1 Å². The molecule has 0 saturated carbocycles. The Morgan fingerprint density at radius 2 is 1.85 bits per heavy atom. The predicted octanol–water partition coefficient (Wildman–Crippen LogP) is 4.14. The van der Waals surface area contributed by atoms with Gasteiger partial charge < -0.3 is 14.6 Å². The maximum absolute atomic E-state index is 5.52. The fourth-order valence-electron chi connectivity index (χ4n) is 4.61. The standard InChI is InChI=1S/C23H27N3O/c1-16-21-14-19(26-9-11-27-12-10-26)4-5-20(21)22(15-25(16)2)17-3-6-23-18(13-17)7-8-24-23/h3-8,13-14,16,22,24H,9-12,15H2,1-2H3. The van der Waals surface area contributed by atoms with Crippen molar-refractivity contribution < 1.29 is 4.74 Å². The number of hydrogen-bond acceptors (Lipinski definition) is 3. The van der Waals surface area contributed by atoms with Crippen LogP contribution < -0.4 is 4.90 Å². The molecule has 0 spiro atoms. The lowest BCUT2D eigenvalue weighted by atomic mass is 9.81. The van der Waals surface area contributed by atoms with Gasteiger partial charge in [0.25, 0.3) is 0 Å². The number of nitrogens with one attached hydrogen (secondary N) is 1. The summed E-state index contributed by atoms with van der Waals surface area (Å²) in [4.78, 5) is 8.24. The fraction of sp³-hybridized carbons (Fsp3) is 0.391. The number of anilines is 1. The van der Waals surface area contributed by atoms with Gasteiger partial charge in [0.1, 0.15) is 0 Å². The summed E-state index contributed by atoms with van der Waals surface area (Å²) in [5, 5.41) is 1.29. The van der Waals surface area contributed by atoms with E-state index in [2.05, 4.69) is 71.2 Å². The Kier molecular flexibility index (Phi) is 4.18. The predicted molar refractivity (Wildman–Crippen MR) is 111 cm³/mol. The fourth-order valence-corrected chi connectivity index (χ4v) is 4.61. The van der Waals surface area contributed by atoms with Crippen LogP contribution in [0.25, 0.3) is 10.9 Å². The van der Waals surface area contributed by atoms with E-state index < -0.39 is 0 Å². The first-order valence-electron chi connectivity index (χ1n) is 9.94. The molecule has 3 heterocycles. The first-order valence-corrected chi connectivity index (χ1v) is 9.94. The topological polar surface area (TPSA) is 31.5 Å². The van der Waals surface area contributed by atoms with E-state index in [4.69, 9.17) is 4.74 Å². The number of aromatic nitrogens is 1. The van der Waals surface area contributed by atoms with Crippen molar-refractivity contribution in [1.82, 2.24) is 9.88 Å². The van der Waals surface area contributed by atoms with E-state index in [1.807, 2.05) is 6.20 Å². The highest BCUT2D eigenvalue weighted by atomic mass is 16.5. The highest BCUT2D eigenvalue weighted by molar-refractivity contribution is 5.80. The van der Waals surface area contributed by atoms with Gasteiger partial charge >= 0.3 is 0 Å². The number of nitrogens with zero attached hydrogens (tertiary/aromatic N) is 2. The molecule has 1 saturated heterocycles. The van der Waals surface area contributed by atoms with Crippen LogP contribution in [0.3, 0.4) is 0 Å². The van der Waals surface area contributed by atoms with Crippen molar-refractivity contribution in [3.63, 3.8) is 0 Å². The minimum atomic E-state index is 0.416. The Morgan fingerprint density at radius 3 is 2.70 bits per heavy atom. The van der Waals surface area contributed by atoms with Crippen molar-refractivity contribution in [2.24, 2.45) is 0 Å². The number of ether oxygens (including phenoxy) is 1. The molecule has 2 aliphatic rings. The molecule has 1 fully saturated rings. The lowest BCUT2D eigenvalue weighted by molar-refractivity contribution is 0.122. The van der Waals surface area contributed by atoms with Crippen molar-refractivity contribution in [3.8, 4) is 0 Å². The van der Waals surface area contributed by atoms with Gasteiger partial charge in [-0.25, -0.2) is 0 Å². The van der Waals surface area contributed by atoms with Crippen LogP contribution in [0.2, 0.25) is 0 Å². The number of fused-ring (bicyclic) bond motifs is 2.